The minimum atomic E-state index is -0.204. The smallest absolute Gasteiger partial charge is 0.0702 e. The maximum absolute atomic E-state index is 5.25. The van der Waals surface area contributed by atoms with Crippen LogP contribution in [0.1, 0.15) is 166 Å². The van der Waals surface area contributed by atoms with E-state index in [0.717, 1.165) is 47.9 Å². The van der Waals surface area contributed by atoms with E-state index in [1.807, 2.05) is 0 Å². The molecule has 6 aliphatic rings. The van der Waals surface area contributed by atoms with Crippen molar-refractivity contribution in [1.29, 1.82) is 0 Å². The first-order valence-corrected chi connectivity index (χ1v) is 23.3. The topological polar surface area (TPSA) is 25.8 Å². The number of aromatic nitrogens is 2. The average molecular weight is 775 g/mol. The molecule has 3 atom stereocenters. The summed E-state index contributed by atoms with van der Waals surface area (Å²) in [6, 6.07) is 37.8. The Morgan fingerprint density at radius 2 is 1.08 bits per heavy atom. The van der Waals surface area contributed by atoms with Gasteiger partial charge in [-0.1, -0.05) is 118 Å². The quantitative estimate of drug-likeness (QED) is 0.131. The van der Waals surface area contributed by atoms with Crippen molar-refractivity contribution in [3.63, 3.8) is 0 Å². The Morgan fingerprint density at radius 1 is 0.542 bits per heavy atom. The number of pyridine rings is 2. The van der Waals surface area contributed by atoms with Gasteiger partial charge in [0.25, 0.3) is 0 Å². The van der Waals surface area contributed by atoms with Crippen molar-refractivity contribution < 1.29 is 0 Å². The maximum Gasteiger partial charge on any atom is 0.0702 e. The van der Waals surface area contributed by atoms with Crippen LogP contribution in [0.15, 0.2) is 109 Å². The Balaban J connectivity index is 1.04. The highest BCUT2D eigenvalue weighted by Gasteiger charge is 2.40. The molecule has 0 saturated heterocycles. The summed E-state index contributed by atoms with van der Waals surface area (Å²) in [4.78, 5) is 10.5. The Kier molecular flexibility index (Phi) is 10.2. The van der Waals surface area contributed by atoms with Gasteiger partial charge in [0.05, 0.1) is 11.4 Å². The normalized spacial score (nSPS) is 21.7. The fraction of sp³-hybridized carbons (Fsp3) is 0.404. The van der Waals surface area contributed by atoms with Gasteiger partial charge in [0, 0.05) is 40.1 Å². The third-order valence-electron chi connectivity index (χ3n) is 15.8. The van der Waals surface area contributed by atoms with Crippen LogP contribution in [0, 0.1) is 19.8 Å². The number of hydrogen-bond donors (Lipinski definition) is 0. The van der Waals surface area contributed by atoms with E-state index < -0.39 is 0 Å². The highest BCUT2D eigenvalue weighted by Crippen LogP contribution is 2.55. The number of benzene rings is 4. The van der Waals surface area contributed by atoms with Gasteiger partial charge in [0.15, 0.2) is 0 Å². The molecule has 0 aliphatic heterocycles. The molecule has 3 unspecified atom stereocenters. The summed E-state index contributed by atoms with van der Waals surface area (Å²) < 4.78 is 0. The van der Waals surface area contributed by atoms with Crippen molar-refractivity contribution in [1.82, 2.24) is 9.97 Å². The van der Waals surface area contributed by atoms with Gasteiger partial charge in [-0.15, -0.1) is 0 Å². The molecule has 0 N–H and O–H groups in total. The zero-order chi connectivity index (χ0) is 40.3. The Hall–Kier alpha value is -4.82. The van der Waals surface area contributed by atoms with Crippen LogP contribution in [0.3, 0.4) is 0 Å². The predicted molar refractivity (Wildman–Crippen MR) is 247 cm³/mol. The lowest BCUT2D eigenvalue weighted by molar-refractivity contribution is 0.232. The van der Waals surface area contributed by atoms with E-state index >= 15 is 0 Å². The van der Waals surface area contributed by atoms with Crippen LogP contribution in [-0.2, 0) is 5.41 Å². The zero-order valence-corrected chi connectivity index (χ0v) is 36.2. The summed E-state index contributed by atoms with van der Waals surface area (Å²) in [6.07, 6.45) is 19.8. The van der Waals surface area contributed by atoms with Gasteiger partial charge in [-0.05, 0) is 176 Å². The minimum Gasteiger partial charge on any atom is -0.256 e. The van der Waals surface area contributed by atoms with E-state index in [4.69, 9.17) is 9.97 Å². The molecular formula is C57H62N2. The summed E-state index contributed by atoms with van der Waals surface area (Å²) in [5.74, 6) is 3.80. The van der Waals surface area contributed by atoms with E-state index in [9.17, 15) is 0 Å². The summed E-state index contributed by atoms with van der Waals surface area (Å²) in [5.41, 5.74) is 21.1. The molecule has 2 aromatic heterocycles. The lowest BCUT2D eigenvalue weighted by Crippen LogP contribution is -2.29. The third kappa shape index (κ3) is 6.70. The predicted octanol–water partition coefficient (Wildman–Crippen LogP) is 15.8. The maximum atomic E-state index is 5.25. The van der Waals surface area contributed by atoms with Gasteiger partial charge in [-0.25, -0.2) is 0 Å². The number of hydrogen-bond acceptors (Lipinski definition) is 2. The molecule has 2 nitrogen and oxygen atoms in total. The molecule has 12 rings (SSSR count). The van der Waals surface area contributed by atoms with Crippen molar-refractivity contribution in [3.8, 4) is 44.8 Å². The van der Waals surface area contributed by atoms with E-state index in [0.29, 0.717) is 5.92 Å². The number of unbranched alkanes of at least 4 members (excludes halogenated alkanes) is 1. The number of rotatable bonds is 11. The summed E-state index contributed by atoms with van der Waals surface area (Å²) in [7, 11) is 0. The molecule has 4 aromatic carbocycles. The van der Waals surface area contributed by atoms with Crippen LogP contribution < -0.4 is 0 Å². The van der Waals surface area contributed by atoms with Crippen molar-refractivity contribution in [2.45, 2.75) is 141 Å². The molecule has 6 aliphatic carbocycles. The summed E-state index contributed by atoms with van der Waals surface area (Å²) in [6.45, 7) is 11.6. The molecule has 59 heavy (non-hydrogen) atoms. The van der Waals surface area contributed by atoms with Crippen molar-refractivity contribution >= 4 is 0 Å². The highest BCUT2D eigenvalue weighted by atomic mass is 14.7. The van der Waals surface area contributed by atoms with Gasteiger partial charge in [-0.2, -0.15) is 0 Å². The Bertz CT molecular complexity index is 2460. The number of nitrogens with zero attached hydrogens (tertiary/aromatic N) is 2. The first-order chi connectivity index (χ1) is 28.9. The summed E-state index contributed by atoms with van der Waals surface area (Å²) in [5, 5.41) is 0. The van der Waals surface area contributed by atoms with Gasteiger partial charge < -0.3 is 0 Å². The van der Waals surface area contributed by atoms with Crippen LogP contribution in [0.25, 0.3) is 44.8 Å². The minimum absolute atomic E-state index is 0.204. The fourth-order valence-electron chi connectivity index (χ4n) is 12.7. The van der Waals surface area contributed by atoms with Gasteiger partial charge in [-0.3, -0.25) is 9.97 Å². The average Bonchev–Trinajstić information content (AvgIpc) is 3.29. The van der Waals surface area contributed by atoms with E-state index in [2.05, 4.69) is 144 Å². The van der Waals surface area contributed by atoms with Crippen LogP contribution in [0.4, 0.5) is 0 Å². The Morgan fingerprint density at radius 3 is 1.64 bits per heavy atom. The molecule has 6 aromatic rings. The van der Waals surface area contributed by atoms with Crippen LogP contribution in [-0.4, -0.2) is 9.97 Å². The second-order valence-electron chi connectivity index (χ2n) is 19.0. The fourth-order valence-corrected chi connectivity index (χ4v) is 12.7. The zero-order valence-electron chi connectivity index (χ0n) is 36.2. The van der Waals surface area contributed by atoms with Crippen LogP contribution >= 0.6 is 0 Å². The van der Waals surface area contributed by atoms with E-state index in [1.54, 1.807) is 22.3 Å². The molecule has 0 amide bonds. The van der Waals surface area contributed by atoms with E-state index in [1.165, 1.54) is 120 Å². The molecule has 0 spiro atoms. The van der Waals surface area contributed by atoms with Crippen molar-refractivity contribution in [2.24, 2.45) is 5.92 Å². The molecule has 0 radical (unpaired) electrons. The first kappa shape index (κ1) is 38.4. The second-order valence-corrected chi connectivity index (χ2v) is 19.0. The first-order valence-electron chi connectivity index (χ1n) is 23.3. The largest absolute Gasteiger partial charge is 0.256 e. The third-order valence-corrected chi connectivity index (χ3v) is 15.8. The van der Waals surface area contributed by atoms with Gasteiger partial charge in [0.2, 0.25) is 0 Å². The van der Waals surface area contributed by atoms with Gasteiger partial charge >= 0.3 is 0 Å². The van der Waals surface area contributed by atoms with Crippen molar-refractivity contribution in [3.05, 3.63) is 154 Å². The molecule has 4 bridgehead atoms. The van der Waals surface area contributed by atoms with Crippen LogP contribution in [0.2, 0.25) is 0 Å². The lowest BCUT2D eigenvalue weighted by atomic mass is 9.60. The van der Waals surface area contributed by atoms with Crippen LogP contribution in [0.5, 0.6) is 0 Å². The number of fused-ring (bicyclic) bond motifs is 4. The SMILES string of the molecule is CCCCC1CC2CCC1c1ccc(-c3ccc(-c4cccc(-c5ccc(-c6ccc7c(c6)C6CCC7CC6)nc5)c4C(CC)(CC)c4cc(C)cc(C)c4)cn3)cc12. The molecular weight excluding hydrogens is 713 g/mol. The summed E-state index contributed by atoms with van der Waals surface area (Å²) >= 11 is 0. The Labute approximate surface area is 354 Å². The second kappa shape index (κ2) is 15.7. The lowest BCUT2D eigenvalue weighted by Gasteiger charge is -2.44. The van der Waals surface area contributed by atoms with Crippen molar-refractivity contribution in [2.75, 3.05) is 0 Å². The number of aryl methyl sites for hydroxylation is 2. The van der Waals surface area contributed by atoms with E-state index in [-0.39, 0.29) is 5.41 Å². The molecule has 2 saturated carbocycles. The molecule has 2 heteroatoms. The monoisotopic (exact) mass is 774 g/mol. The standard InChI is InChI=1S/C57H62N2/c1-6-9-11-40-31-41-18-23-48(40)51-25-20-43(33-53(41)51)55-27-22-45(35-59-55)50-13-10-12-49(56(50)57(7-2,8-3)46-29-36(4)28-37(5)30-46)44-21-26-54(58-34-44)42-19-24-47-38-14-16-39(17-15-38)52(47)32-42/h10,12-13,19-22,24-30,32-35,38-41,48H,6-9,11,14-18,23,31H2,1-5H3. The molecule has 300 valence electrons. The van der Waals surface area contributed by atoms with Gasteiger partial charge in [0.1, 0.15) is 0 Å². The molecule has 2 heterocycles. The highest BCUT2D eigenvalue weighted by molar-refractivity contribution is 5.82. The molecule has 2 fully saturated rings.